The van der Waals surface area contributed by atoms with Crippen molar-refractivity contribution in [3.05, 3.63) is 0 Å². The Balaban J connectivity index is 2.12. The van der Waals surface area contributed by atoms with Crippen LogP contribution in [0.1, 0.15) is 39.5 Å². The van der Waals surface area contributed by atoms with Crippen LogP contribution in [-0.4, -0.2) is 37.7 Å². The molecule has 1 saturated carbocycles. The van der Waals surface area contributed by atoms with E-state index in [2.05, 4.69) is 10.6 Å². The summed E-state index contributed by atoms with van der Waals surface area (Å²) < 4.78 is 5.31. The third kappa shape index (κ3) is 4.94. The summed E-state index contributed by atoms with van der Waals surface area (Å²) in [6, 6.07) is 0.697. The Bertz CT molecular complexity index is 211. The summed E-state index contributed by atoms with van der Waals surface area (Å²) in [5.41, 5.74) is 0. The third-order valence-electron chi connectivity index (χ3n) is 3.01. The lowest BCUT2D eigenvalue weighted by Gasteiger charge is -2.28. The fourth-order valence-electron chi connectivity index (χ4n) is 2.11. The van der Waals surface area contributed by atoms with Gasteiger partial charge in [0.1, 0.15) is 0 Å². The fraction of sp³-hybridized carbons (Fsp3) is 0.917. The summed E-state index contributed by atoms with van der Waals surface area (Å²) in [5.74, 6) is 0.0869. The van der Waals surface area contributed by atoms with E-state index < -0.39 is 0 Å². The minimum atomic E-state index is 0.0869. The molecular weight excluding hydrogens is 204 g/mol. The van der Waals surface area contributed by atoms with Crippen LogP contribution in [0.2, 0.25) is 0 Å². The molecule has 1 aliphatic rings. The zero-order chi connectivity index (χ0) is 12.0. The van der Waals surface area contributed by atoms with Crippen LogP contribution in [-0.2, 0) is 9.53 Å². The molecule has 0 heterocycles. The van der Waals surface area contributed by atoms with E-state index in [0.29, 0.717) is 18.7 Å². The van der Waals surface area contributed by atoms with Gasteiger partial charge < -0.3 is 15.4 Å². The molecule has 4 nitrogen and oxygen atoms in total. The molecule has 0 bridgehead atoms. The smallest absolute Gasteiger partial charge is 0.234 e. The summed E-state index contributed by atoms with van der Waals surface area (Å²) in [4.78, 5) is 11.4. The van der Waals surface area contributed by atoms with Crippen molar-refractivity contribution in [3.8, 4) is 0 Å². The summed E-state index contributed by atoms with van der Waals surface area (Å²) in [6.07, 6.45) is 4.82. The maximum absolute atomic E-state index is 11.4. The second-order valence-electron chi connectivity index (χ2n) is 4.81. The maximum atomic E-state index is 11.4. The fourth-order valence-corrected chi connectivity index (χ4v) is 2.11. The third-order valence-corrected chi connectivity index (χ3v) is 3.01. The first-order chi connectivity index (χ1) is 7.61. The number of nitrogens with one attached hydrogen (secondary N) is 2. The van der Waals surface area contributed by atoms with E-state index in [1.807, 2.05) is 13.8 Å². The molecule has 2 N–H and O–H groups in total. The van der Waals surface area contributed by atoms with Crippen molar-refractivity contribution in [1.29, 1.82) is 0 Å². The molecule has 1 aliphatic carbocycles. The van der Waals surface area contributed by atoms with Gasteiger partial charge in [0.2, 0.25) is 5.91 Å². The molecule has 0 aromatic rings. The van der Waals surface area contributed by atoms with Crippen molar-refractivity contribution in [3.63, 3.8) is 0 Å². The van der Waals surface area contributed by atoms with Crippen LogP contribution in [0.4, 0.5) is 0 Å². The molecule has 4 heteroatoms. The first kappa shape index (κ1) is 13.5. The Morgan fingerprint density at radius 3 is 2.44 bits per heavy atom. The van der Waals surface area contributed by atoms with Gasteiger partial charge in [-0.05, 0) is 39.5 Å². The number of carbonyl (C=O) groups excluding carboxylic acids is 1. The van der Waals surface area contributed by atoms with Gasteiger partial charge in [0.15, 0.2) is 0 Å². The number of hydrogen-bond acceptors (Lipinski definition) is 3. The molecule has 0 saturated heterocycles. The number of hydrogen-bond donors (Lipinski definition) is 2. The Morgan fingerprint density at radius 2 is 1.94 bits per heavy atom. The molecule has 0 unspecified atom stereocenters. The van der Waals surface area contributed by atoms with Crippen molar-refractivity contribution in [2.45, 2.75) is 57.7 Å². The molecule has 16 heavy (non-hydrogen) atoms. The summed E-state index contributed by atoms with van der Waals surface area (Å²) in [6.45, 7) is 4.38. The maximum Gasteiger partial charge on any atom is 0.234 e. The van der Waals surface area contributed by atoms with E-state index >= 15 is 0 Å². The predicted molar refractivity (Wildman–Crippen MR) is 64.3 cm³/mol. The van der Waals surface area contributed by atoms with Crippen molar-refractivity contribution in [1.82, 2.24) is 10.6 Å². The SMILES string of the molecule is COC1CCC(NCC(=O)NC(C)C)CC1. The first-order valence-electron chi connectivity index (χ1n) is 6.17. The normalized spacial score (nSPS) is 25.8. The van der Waals surface area contributed by atoms with Crippen LogP contribution in [0, 0.1) is 0 Å². The van der Waals surface area contributed by atoms with E-state index in [0.717, 1.165) is 25.7 Å². The molecule has 1 fully saturated rings. The van der Waals surface area contributed by atoms with Crippen molar-refractivity contribution in [2.75, 3.05) is 13.7 Å². The number of methoxy groups -OCH3 is 1. The van der Waals surface area contributed by atoms with Gasteiger partial charge in [0.05, 0.1) is 12.6 Å². The lowest BCUT2D eigenvalue weighted by molar-refractivity contribution is -0.120. The molecule has 1 amide bonds. The lowest BCUT2D eigenvalue weighted by Crippen LogP contribution is -2.43. The van der Waals surface area contributed by atoms with Gasteiger partial charge in [0, 0.05) is 19.2 Å². The lowest BCUT2D eigenvalue weighted by atomic mass is 9.93. The molecule has 0 radical (unpaired) electrons. The Kier molecular flexibility index (Phi) is 5.77. The van der Waals surface area contributed by atoms with E-state index in [-0.39, 0.29) is 11.9 Å². The van der Waals surface area contributed by atoms with E-state index in [1.165, 1.54) is 0 Å². The highest BCUT2D eigenvalue weighted by molar-refractivity contribution is 5.78. The zero-order valence-electron chi connectivity index (χ0n) is 10.6. The second kappa shape index (κ2) is 6.86. The quantitative estimate of drug-likeness (QED) is 0.739. The first-order valence-corrected chi connectivity index (χ1v) is 6.17. The molecule has 0 aliphatic heterocycles. The standard InChI is InChI=1S/C12H24N2O2/c1-9(2)14-12(15)8-13-10-4-6-11(16-3)7-5-10/h9-11,13H,4-8H2,1-3H3,(H,14,15). The Labute approximate surface area is 98.1 Å². The largest absolute Gasteiger partial charge is 0.381 e. The number of carbonyl (C=O) groups is 1. The molecule has 1 rings (SSSR count). The minimum Gasteiger partial charge on any atom is -0.381 e. The van der Waals surface area contributed by atoms with Gasteiger partial charge in [-0.3, -0.25) is 4.79 Å². The molecule has 0 aromatic heterocycles. The van der Waals surface area contributed by atoms with Crippen LogP contribution in [0.25, 0.3) is 0 Å². The van der Waals surface area contributed by atoms with E-state index in [9.17, 15) is 4.79 Å². The topological polar surface area (TPSA) is 50.4 Å². The van der Waals surface area contributed by atoms with Crippen molar-refractivity contribution in [2.24, 2.45) is 0 Å². The van der Waals surface area contributed by atoms with Crippen LogP contribution < -0.4 is 10.6 Å². The second-order valence-corrected chi connectivity index (χ2v) is 4.81. The van der Waals surface area contributed by atoms with E-state index in [4.69, 9.17) is 4.74 Å². The van der Waals surface area contributed by atoms with Gasteiger partial charge in [0.25, 0.3) is 0 Å². The van der Waals surface area contributed by atoms with Crippen LogP contribution in [0.5, 0.6) is 0 Å². The number of rotatable bonds is 5. The highest BCUT2D eigenvalue weighted by Crippen LogP contribution is 2.20. The average Bonchev–Trinajstić information content (AvgIpc) is 2.26. The van der Waals surface area contributed by atoms with Crippen LogP contribution in [0.3, 0.4) is 0 Å². The minimum absolute atomic E-state index is 0.0869. The zero-order valence-corrected chi connectivity index (χ0v) is 10.6. The highest BCUT2D eigenvalue weighted by Gasteiger charge is 2.20. The molecule has 0 aromatic carbocycles. The van der Waals surface area contributed by atoms with Gasteiger partial charge in [-0.15, -0.1) is 0 Å². The molecular formula is C12H24N2O2. The molecule has 0 atom stereocenters. The predicted octanol–water partition coefficient (Wildman–Crippen LogP) is 1.06. The Hall–Kier alpha value is -0.610. The van der Waals surface area contributed by atoms with Crippen molar-refractivity contribution < 1.29 is 9.53 Å². The van der Waals surface area contributed by atoms with Gasteiger partial charge in [-0.2, -0.15) is 0 Å². The van der Waals surface area contributed by atoms with Crippen molar-refractivity contribution >= 4 is 5.91 Å². The van der Waals surface area contributed by atoms with E-state index in [1.54, 1.807) is 7.11 Å². The summed E-state index contributed by atoms with van der Waals surface area (Å²) >= 11 is 0. The van der Waals surface area contributed by atoms with Gasteiger partial charge in [-0.1, -0.05) is 0 Å². The van der Waals surface area contributed by atoms with Crippen LogP contribution in [0.15, 0.2) is 0 Å². The van der Waals surface area contributed by atoms with Gasteiger partial charge in [-0.25, -0.2) is 0 Å². The number of ether oxygens (including phenoxy) is 1. The average molecular weight is 228 g/mol. The molecule has 0 spiro atoms. The van der Waals surface area contributed by atoms with Crippen LogP contribution >= 0.6 is 0 Å². The Morgan fingerprint density at radius 1 is 1.31 bits per heavy atom. The highest BCUT2D eigenvalue weighted by atomic mass is 16.5. The number of amides is 1. The van der Waals surface area contributed by atoms with Gasteiger partial charge >= 0.3 is 0 Å². The summed E-state index contributed by atoms with van der Waals surface area (Å²) in [7, 11) is 1.77. The summed E-state index contributed by atoms with van der Waals surface area (Å²) in [5, 5.41) is 6.18. The monoisotopic (exact) mass is 228 g/mol. The molecule has 94 valence electrons.